The molecule has 2 heteroatoms. The van der Waals surface area contributed by atoms with Gasteiger partial charge < -0.3 is 0 Å². The van der Waals surface area contributed by atoms with E-state index in [1.165, 1.54) is 27.9 Å². The smallest absolute Gasteiger partial charge is 0.0478 e. The van der Waals surface area contributed by atoms with Gasteiger partial charge in [-0.15, -0.1) is 34.0 Å². The summed E-state index contributed by atoms with van der Waals surface area (Å²) in [5, 5.41) is 2.94. The van der Waals surface area contributed by atoms with Gasteiger partial charge in [-0.1, -0.05) is 45.1 Å². The van der Waals surface area contributed by atoms with Gasteiger partial charge in [0.05, 0.1) is 0 Å². The molecule has 0 aliphatic carbocycles. The molecule has 2 aromatic rings. The number of hydrogen-bond donors (Lipinski definition) is 0. The largest absolute Gasteiger partial charge is 0.165 e. The van der Waals surface area contributed by atoms with Gasteiger partial charge in [0.1, 0.15) is 0 Å². The van der Waals surface area contributed by atoms with Crippen LogP contribution in [0.2, 0.25) is 19.6 Å². The van der Waals surface area contributed by atoms with Crippen molar-refractivity contribution in [2.45, 2.75) is 39.5 Å². The molecular weight excluding hydrogens is 299 g/mol. The van der Waals surface area contributed by atoms with Crippen LogP contribution in [-0.2, 0) is 32.2 Å². The second-order valence-electron chi connectivity index (χ2n) is 6.14. The second-order valence-corrected chi connectivity index (χ2v) is 11.6. The fourth-order valence-electron chi connectivity index (χ4n) is 2.38. The predicted molar refractivity (Wildman–Crippen MR) is 76.1 cm³/mol. The minimum absolute atomic E-state index is 0. The van der Waals surface area contributed by atoms with E-state index in [1.807, 2.05) is 0 Å². The van der Waals surface area contributed by atoms with E-state index in [9.17, 15) is 0 Å². The number of fused-ring (bicyclic) bond motifs is 1. The average molecular weight is 321 g/mol. The molecule has 90 valence electrons. The first-order valence-corrected chi connectivity index (χ1v) is 9.73. The van der Waals surface area contributed by atoms with Crippen LogP contribution < -0.4 is 0 Å². The van der Waals surface area contributed by atoms with Crippen molar-refractivity contribution in [1.29, 1.82) is 0 Å². The molecule has 0 N–H and O–H groups in total. The summed E-state index contributed by atoms with van der Waals surface area (Å²) in [6.07, 6.45) is 0. The maximum atomic E-state index is 2.44. The zero-order valence-electron chi connectivity index (χ0n) is 11.5. The van der Waals surface area contributed by atoms with Crippen molar-refractivity contribution >= 4 is 18.8 Å². The van der Waals surface area contributed by atoms with Crippen LogP contribution in [-0.4, -0.2) is 8.07 Å². The fraction of sp³-hybridized carbons (Fsp3) is 0.400. The minimum Gasteiger partial charge on any atom is -0.165 e. The summed E-state index contributed by atoms with van der Waals surface area (Å²) in [7, 11) is -1.02. The Balaban J connectivity index is 0.00000144. The Labute approximate surface area is 125 Å². The zero-order chi connectivity index (χ0) is 11.9. The van der Waals surface area contributed by atoms with Crippen molar-refractivity contribution in [1.82, 2.24) is 0 Å². The Morgan fingerprint density at radius 3 is 2.35 bits per heavy atom. The quantitative estimate of drug-likeness (QED) is 0.561. The van der Waals surface area contributed by atoms with Crippen LogP contribution in [0.3, 0.4) is 0 Å². The van der Waals surface area contributed by atoms with E-state index < -0.39 is 8.07 Å². The Bertz CT molecular complexity index is 517. The first kappa shape index (κ1) is 15.0. The number of aryl methyl sites for hydroxylation is 2. The molecule has 0 fully saturated rings. The number of benzene rings is 1. The third-order valence-electron chi connectivity index (χ3n) is 3.06. The fourth-order valence-corrected chi connectivity index (χ4v) is 3.83. The minimum atomic E-state index is -1.02. The molecule has 17 heavy (non-hydrogen) atoms. The molecule has 0 bridgehead atoms. The molecule has 0 saturated carbocycles. The van der Waals surface area contributed by atoms with Gasteiger partial charge in [-0.25, -0.2) is 0 Å². The van der Waals surface area contributed by atoms with Gasteiger partial charge in [0.2, 0.25) is 0 Å². The van der Waals surface area contributed by atoms with Crippen molar-refractivity contribution < 1.29 is 26.2 Å². The summed E-state index contributed by atoms with van der Waals surface area (Å²) < 4.78 is 0. The van der Waals surface area contributed by atoms with E-state index in [0.717, 1.165) is 0 Å². The normalized spacial score (nSPS) is 11.6. The van der Waals surface area contributed by atoms with Gasteiger partial charge in [-0.3, -0.25) is 0 Å². The second kappa shape index (κ2) is 5.28. The molecule has 0 spiro atoms. The van der Waals surface area contributed by atoms with Crippen LogP contribution in [0.1, 0.15) is 16.7 Å². The van der Waals surface area contributed by atoms with Crippen molar-refractivity contribution in [3.05, 3.63) is 41.0 Å². The predicted octanol–water partition coefficient (Wildman–Crippen LogP) is 4.59. The molecule has 0 aliphatic rings. The summed E-state index contributed by atoms with van der Waals surface area (Å²) in [6.45, 7) is 11.7. The first-order chi connectivity index (χ1) is 7.37. The van der Waals surface area contributed by atoms with Gasteiger partial charge in [0.25, 0.3) is 0 Å². The maximum Gasteiger partial charge on any atom is 0.0478 e. The number of rotatable bonds is 2. The van der Waals surface area contributed by atoms with Crippen LogP contribution in [0.15, 0.2) is 24.3 Å². The van der Waals surface area contributed by atoms with E-state index in [-0.39, 0.29) is 26.2 Å². The first-order valence-electron chi connectivity index (χ1n) is 6.02. The summed E-state index contributed by atoms with van der Waals surface area (Å²) in [4.78, 5) is 0. The van der Waals surface area contributed by atoms with Crippen molar-refractivity contribution in [2.24, 2.45) is 0 Å². The van der Waals surface area contributed by atoms with Crippen molar-refractivity contribution in [2.75, 3.05) is 0 Å². The standard InChI is InChI=1S/C15H21Si.Zr/c1-11-8-14-12(2)6-7-13(15(14)9-11)10-16(3,4)5;/h6-9H,10H2,1-5H3;/q-1;. The molecule has 0 aromatic heterocycles. The van der Waals surface area contributed by atoms with Crippen molar-refractivity contribution in [3.63, 3.8) is 0 Å². The van der Waals surface area contributed by atoms with Crippen LogP contribution >= 0.6 is 0 Å². The van der Waals surface area contributed by atoms with Crippen LogP contribution in [0.5, 0.6) is 0 Å². The molecule has 0 nitrogen and oxygen atoms in total. The molecule has 0 saturated heterocycles. The van der Waals surface area contributed by atoms with Crippen LogP contribution in [0.25, 0.3) is 10.8 Å². The van der Waals surface area contributed by atoms with Gasteiger partial charge in [0, 0.05) is 34.3 Å². The number of hydrogen-bond acceptors (Lipinski definition) is 0. The summed E-state index contributed by atoms with van der Waals surface area (Å²) in [5.74, 6) is 0. The average Bonchev–Trinajstić information content (AvgIpc) is 2.51. The molecule has 0 unspecified atom stereocenters. The maximum absolute atomic E-state index is 2.44. The van der Waals surface area contributed by atoms with E-state index in [4.69, 9.17) is 0 Å². The molecule has 0 heterocycles. The van der Waals surface area contributed by atoms with Crippen LogP contribution in [0.4, 0.5) is 0 Å². The van der Waals surface area contributed by atoms with Crippen molar-refractivity contribution in [3.8, 4) is 0 Å². The zero-order valence-corrected chi connectivity index (χ0v) is 15.0. The SMILES string of the molecule is Cc1cc2c(C[Si](C)(C)C)ccc(C)c2[cH-]1.[Zr]. The monoisotopic (exact) mass is 319 g/mol. The summed E-state index contributed by atoms with van der Waals surface area (Å²) in [5.41, 5.74) is 4.34. The molecule has 0 amide bonds. The molecule has 2 rings (SSSR count). The third kappa shape index (κ3) is 3.45. The molecule has 0 radical (unpaired) electrons. The topological polar surface area (TPSA) is 0 Å². The Morgan fingerprint density at radius 2 is 1.76 bits per heavy atom. The van der Waals surface area contributed by atoms with Gasteiger partial charge in [-0.05, 0) is 6.04 Å². The van der Waals surface area contributed by atoms with Gasteiger partial charge >= 0.3 is 0 Å². The summed E-state index contributed by atoms with van der Waals surface area (Å²) >= 11 is 0. The molecule has 0 aliphatic heterocycles. The molecule has 0 atom stereocenters. The van der Waals surface area contributed by atoms with E-state index in [0.29, 0.717) is 0 Å². The van der Waals surface area contributed by atoms with Gasteiger partial charge in [-0.2, -0.15) is 6.07 Å². The van der Waals surface area contributed by atoms with E-state index in [2.05, 4.69) is 57.8 Å². The third-order valence-corrected chi connectivity index (χ3v) is 4.50. The molecule has 2 aromatic carbocycles. The Morgan fingerprint density at radius 1 is 1.12 bits per heavy atom. The van der Waals surface area contributed by atoms with Crippen LogP contribution in [0, 0.1) is 13.8 Å². The Hall–Kier alpha value is -0.0700. The summed E-state index contributed by atoms with van der Waals surface area (Å²) in [6, 6.07) is 10.6. The Kier molecular flexibility index (Phi) is 4.66. The van der Waals surface area contributed by atoms with E-state index in [1.54, 1.807) is 5.56 Å². The van der Waals surface area contributed by atoms with Gasteiger partial charge in [0.15, 0.2) is 0 Å². The van der Waals surface area contributed by atoms with E-state index >= 15 is 0 Å². The molecular formula is C15H21SiZr-.